The Morgan fingerprint density at radius 2 is 1.50 bits per heavy atom. The molecule has 2 aromatic rings. The van der Waals surface area contributed by atoms with E-state index in [2.05, 4.69) is 42.9 Å². The molecule has 0 amide bonds. The molecule has 0 radical (unpaired) electrons. The van der Waals surface area contributed by atoms with Crippen LogP contribution in [0.2, 0.25) is 19.6 Å². The highest BCUT2D eigenvalue weighted by Crippen LogP contribution is 2.17. The Kier molecular flexibility index (Phi) is 5.23. The van der Waals surface area contributed by atoms with E-state index in [1.807, 2.05) is 54.6 Å². The highest BCUT2D eigenvalue weighted by atomic mass is 28.3. The topological polar surface area (TPSA) is 20.2 Å². The Balaban J connectivity index is 2.29. The first-order valence-corrected chi connectivity index (χ1v) is 10.8. The van der Waals surface area contributed by atoms with Gasteiger partial charge in [-0.05, 0) is 18.2 Å². The summed E-state index contributed by atoms with van der Waals surface area (Å²) in [5.41, 5.74) is 5.87. The van der Waals surface area contributed by atoms with E-state index in [4.69, 9.17) is 0 Å². The van der Waals surface area contributed by atoms with Crippen molar-refractivity contribution in [3.8, 4) is 23.3 Å². The fourth-order valence-corrected chi connectivity index (χ4v) is 2.36. The highest BCUT2D eigenvalue weighted by Gasteiger charge is 2.10. The summed E-state index contributed by atoms with van der Waals surface area (Å²) in [4.78, 5) is 0. The van der Waals surface area contributed by atoms with Crippen molar-refractivity contribution in [2.24, 2.45) is 0 Å². The summed E-state index contributed by atoms with van der Waals surface area (Å²) in [5, 5.41) is 10.4. The maximum Gasteiger partial charge on any atom is 0.141 e. The molecule has 0 aliphatic carbocycles. The minimum atomic E-state index is -1.45. The van der Waals surface area contributed by atoms with Crippen LogP contribution in [-0.2, 0) is 0 Å². The SMILES string of the molecule is C[Si](C)(C)C#Cc1ccccc1C(O)C#Cc1ccccc1. The van der Waals surface area contributed by atoms with Crippen LogP contribution in [0, 0.1) is 23.3 Å². The molecular formula is C20H20OSi. The molecule has 110 valence electrons. The zero-order chi connectivity index (χ0) is 16.0. The summed E-state index contributed by atoms with van der Waals surface area (Å²) in [6, 6.07) is 17.3. The van der Waals surface area contributed by atoms with E-state index >= 15 is 0 Å². The molecule has 0 aliphatic heterocycles. The standard InChI is InChI=1S/C20H20OSi/c1-22(2,3)16-15-18-11-7-8-12-19(18)20(21)14-13-17-9-5-4-6-10-17/h4-12,20-21H,1-3H3. The van der Waals surface area contributed by atoms with Crippen molar-refractivity contribution < 1.29 is 5.11 Å². The van der Waals surface area contributed by atoms with Crippen LogP contribution < -0.4 is 0 Å². The van der Waals surface area contributed by atoms with Crippen LogP contribution in [0.25, 0.3) is 0 Å². The van der Waals surface area contributed by atoms with E-state index in [-0.39, 0.29) is 0 Å². The van der Waals surface area contributed by atoms with Crippen LogP contribution in [0.4, 0.5) is 0 Å². The zero-order valence-electron chi connectivity index (χ0n) is 13.2. The highest BCUT2D eigenvalue weighted by molar-refractivity contribution is 6.83. The lowest BCUT2D eigenvalue weighted by atomic mass is 10.0. The minimum absolute atomic E-state index is 0.775. The average Bonchev–Trinajstić information content (AvgIpc) is 2.51. The second kappa shape index (κ2) is 7.14. The summed E-state index contributed by atoms with van der Waals surface area (Å²) in [6.07, 6.45) is -0.827. The first-order valence-electron chi connectivity index (χ1n) is 7.32. The Morgan fingerprint density at radius 1 is 0.864 bits per heavy atom. The molecule has 2 rings (SSSR count). The van der Waals surface area contributed by atoms with Gasteiger partial charge in [-0.3, -0.25) is 0 Å². The first kappa shape index (κ1) is 16.1. The van der Waals surface area contributed by atoms with E-state index in [9.17, 15) is 5.11 Å². The Hall–Kier alpha value is -2.26. The van der Waals surface area contributed by atoms with Gasteiger partial charge in [0.25, 0.3) is 0 Å². The molecule has 0 aliphatic rings. The van der Waals surface area contributed by atoms with Crippen molar-refractivity contribution in [2.45, 2.75) is 25.7 Å². The van der Waals surface area contributed by atoms with Gasteiger partial charge in [-0.25, -0.2) is 0 Å². The Labute approximate surface area is 134 Å². The molecule has 0 saturated carbocycles. The van der Waals surface area contributed by atoms with Crippen molar-refractivity contribution in [3.05, 3.63) is 71.3 Å². The van der Waals surface area contributed by atoms with E-state index < -0.39 is 14.2 Å². The van der Waals surface area contributed by atoms with Gasteiger partial charge in [-0.1, -0.05) is 73.8 Å². The van der Waals surface area contributed by atoms with E-state index in [1.54, 1.807) is 0 Å². The van der Waals surface area contributed by atoms with Crippen LogP contribution in [0.3, 0.4) is 0 Å². The molecule has 1 atom stereocenters. The third-order valence-electron chi connectivity index (χ3n) is 2.95. The van der Waals surface area contributed by atoms with Gasteiger partial charge in [0.1, 0.15) is 14.2 Å². The number of rotatable bonds is 1. The lowest BCUT2D eigenvalue weighted by molar-refractivity contribution is 0.238. The molecule has 0 spiro atoms. The average molecular weight is 304 g/mol. The van der Waals surface area contributed by atoms with Gasteiger partial charge in [-0.15, -0.1) is 5.54 Å². The smallest absolute Gasteiger partial charge is 0.141 e. The molecule has 1 nitrogen and oxygen atoms in total. The predicted molar refractivity (Wildman–Crippen MR) is 94.9 cm³/mol. The lowest BCUT2D eigenvalue weighted by Gasteiger charge is -2.08. The summed E-state index contributed by atoms with van der Waals surface area (Å²) >= 11 is 0. The fourth-order valence-electron chi connectivity index (χ4n) is 1.86. The molecule has 1 N–H and O–H groups in total. The van der Waals surface area contributed by atoms with Gasteiger partial charge in [0, 0.05) is 16.7 Å². The molecular weight excluding hydrogens is 284 g/mol. The predicted octanol–water partition coefficient (Wildman–Crippen LogP) is 4.00. The molecule has 1 unspecified atom stereocenters. The third-order valence-corrected chi connectivity index (χ3v) is 3.83. The maximum atomic E-state index is 10.4. The van der Waals surface area contributed by atoms with Gasteiger partial charge in [0.2, 0.25) is 0 Å². The van der Waals surface area contributed by atoms with Crippen molar-refractivity contribution in [2.75, 3.05) is 0 Å². The summed E-state index contributed by atoms with van der Waals surface area (Å²) in [5.74, 6) is 9.12. The fraction of sp³-hybridized carbons (Fsp3) is 0.200. The second-order valence-corrected chi connectivity index (χ2v) is 10.9. The van der Waals surface area contributed by atoms with Crippen LogP contribution in [0.5, 0.6) is 0 Å². The third kappa shape index (κ3) is 4.93. The largest absolute Gasteiger partial charge is 0.376 e. The minimum Gasteiger partial charge on any atom is -0.376 e. The number of aliphatic hydroxyl groups excluding tert-OH is 1. The molecule has 22 heavy (non-hydrogen) atoms. The molecule has 0 bridgehead atoms. The first-order chi connectivity index (χ1) is 10.5. The van der Waals surface area contributed by atoms with Crippen molar-refractivity contribution >= 4 is 8.07 Å². The molecule has 0 saturated heterocycles. The van der Waals surface area contributed by atoms with E-state index in [0.29, 0.717) is 0 Å². The van der Waals surface area contributed by atoms with Gasteiger partial charge in [-0.2, -0.15) is 0 Å². The monoisotopic (exact) mass is 304 g/mol. The van der Waals surface area contributed by atoms with Crippen molar-refractivity contribution in [1.29, 1.82) is 0 Å². The van der Waals surface area contributed by atoms with E-state index in [1.165, 1.54) is 0 Å². The van der Waals surface area contributed by atoms with Crippen molar-refractivity contribution in [3.63, 3.8) is 0 Å². The normalized spacial score (nSPS) is 11.6. The molecule has 0 aromatic heterocycles. The molecule has 0 heterocycles. The van der Waals surface area contributed by atoms with Gasteiger partial charge >= 0.3 is 0 Å². The summed E-state index contributed by atoms with van der Waals surface area (Å²) < 4.78 is 0. The van der Waals surface area contributed by atoms with Crippen molar-refractivity contribution in [1.82, 2.24) is 0 Å². The number of aliphatic hydroxyl groups is 1. The zero-order valence-corrected chi connectivity index (χ0v) is 14.2. The van der Waals surface area contributed by atoms with Crippen LogP contribution in [0.15, 0.2) is 54.6 Å². The summed E-state index contributed by atoms with van der Waals surface area (Å²) in [6.45, 7) is 6.61. The number of benzene rings is 2. The molecule has 2 heteroatoms. The Bertz CT molecular complexity index is 749. The lowest BCUT2D eigenvalue weighted by Crippen LogP contribution is -2.16. The van der Waals surface area contributed by atoms with Crippen LogP contribution in [-0.4, -0.2) is 13.2 Å². The summed E-state index contributed by atoms with van der Waals surface area (Å²) in [7, 11) is -1.45. The quantitative estimate of drug-likeness (QED) is 0.623. The Morgan fingerprint density at radius 3 is 2.18 bits per heavy atom. The maximum absolute atomic E-state index is 10.4. The van der Waals surface area contributed by atoms with E-state index in [0.717, 1.165) is 16.7 Å². The number of hydrogen-bond acceptors (Lipinski definition) is 1. The number of hydrogen-bond donors (Lipinski definition) is 1. The van der Waals surface area contributed by atoms with Gasteiger partial charge in [0.05, 0.1) is 0 Å². The van der Waals surface area contributed by atoms with Crippen LogP contribution in [0.1, 0.15) is 22.8 Å². The van der Waals surface area contributed by atoms with Gasteiger partial charge < -0.3 is 5.11 Å². The van der Waals surface area contributed by atoms with Crippen LogP contribution >= 0.6 is 0 Å². The second-order valence-electron chi connectivity index (χ2n) is 6.13. The molecule has 2 aromatic carbocycles. The molecule has 0 fully saturated rings. The van der Waals surface area contributed by atoms with Gasteiger partial charge in [0.15, 0.2) is 0 Å².